The summed E-state index contributed by atoms with van der Waals surface area (Å²) in [7, 11) is 0. The minimum Gasteiger partial charge on any atom is -0.329 e. The second-order valence-electron chi connectivity index (χ2n) is 4.74. The van der Waals surface area contributed by atoms with E-state index in [0.717, 1.165) is 25.0 Å². The number of nitrogens with zero attached hydrogens (tertiary/aromatic N) is 1. The highest BCUT2D eigenvalue weighted by Gasteiger charge is 2.22. The lowest BCUT2D eigenvalue weighted by atomic mass is 10.1. The first-order valence-electron chi connectivity index (χ1n) is 6.22. The molecule has 0 heterocycles. The molecule has 2 nitrogen and oxygen atoms in total. The van der Waals surface area contributed by atoms with Gasteiger partial charge in [0, 0.05) is 25.7 Å². The Hall–Kier alpha value is -0.0800. The van der Waals surface area contributed by atoms with Gasteiger partial charge in [0.25, 0.3) is 0 Å². The van der Waals surface area contributed by atoms with Crippen LogP contribution in [0.1, 0.15) is 46.0 Å². The van der Waals surface area contributed by atoms with Gasteiger partial charge in [0.05, 0.1) is 0 Å². The van der Waals surface area contributed by atoms with Gasteiger partial charge in [-0.15, -0.1) is 0 Å². The highest BCUT2D eigenvalue weighted by atomic mass is 15.2. The molecule has 0 radical (unpaired) electrons. The molecule has 0 spiro atoms. The summed E-state index contributed by atoms with van der Waals surface area (Å²) >= 11 is 0. The van der Waals surface area contributed by atoms with Crippen molar-refractivity contribution < 1.29 is 0 Å². The van der Waals surface area contributed by atoms with Gasteiger partial charge in [-0.25, -0.2) is 0 Å². The molecule has 84 valence electrons. The summed E-state index contributed by atoms with van der Waals surface area (Å²) in [5.41, 5.74) is 5.67. The summed E-state index contributed by atoms with van der Waals surface area (Å²) in [6.45, 7) is 7.78. The third-order valence-electron chi connectivity index (χ3n) is 3.50. The Labute approximate surface area is 88.8 Å². The minimum absolute atomic E-state index is 0.812. The summed E-state index contributed by atoms with van der Waals surface area (Å²) in [6, 6.07) is 0.840. The molecule has 2 N–H and O–H groups in total. The Morgan fingerprint density at radius 2 is 2.00 bits per heavy atom. The number of hydrogen-bond acceptors (Lipinski definition) is 2. The van der Waals surface area contributed by atoms with Gasteiger partial charge in [0.15, 0.2) is 0 Å². The van der Waals surface area contributed by atoms with E-state index in [4.69, 9.17) is 5.73 Å². The molecule has 0 aromatic rings. The van der Waals surface area contributed by atoms with Crippen LogP contribution >= 0.6 is 0 Å². The highest BCUT2D eigenvalue weighted by molar-refractivity contribution is 4.78. The standard InChI is InChI=1S/C12H26N2/c1-3-11(2)10-14(9-8-13)12-6-4-5-7-12/h11-12H,3-10,13H2,1-2H3. The van der Waals surface area contributed by atoms with E-state index in [1.165, 1.54) is 38.6 Å². The Kier molecular flexibility index (Phi) is 5.49. The van der Waals surface area contributed by atoms with Gasteiger partial charge in [0.1, 0.15) is 0 Å². The minimum atomic E-state index is 0.812. The maximum Gasteiger partial charge on any atom is 0.0108 e. The first-order chi connectivity index (χ1) is 6.77. The van der Waals surface area contributed by atoms with E-state index >= 15 is 0 Å². The molecule has 1 saturated carbocycles. The zero-order valence-electron chi connectivity index (χ0n) is 9.84. The molecule has 1 aliphatic rings. The fourth-order valence-corrected chi connectivity index (χ4v) is 2.39. The third kappa shape index (κ3) is 3.58. The van der Waals surface area contributed by atoms with Crippen LogP contribution in [0, 0.1) is 5.92 Å². The Balaban J connectivity index is 2.36. The summed E-state index contributed by atoms with van der Waals surface area (Å²) in [4.78, 5) is 2.63. The predicted octanol–water partition coefficient (Wildman–Crippen LogP) is 2.24. The molecule has 0 aromatic carbocycles. The van der Waals surface area contributed by atoms with Crippen molar-refractivity contribution in [1.29, 1.82) is 0 Å². The quantitative estimate of drug-likeness (QED) is 0.709. The van der Waals surface area contributed by atoms with Gasteiger partial charge < -0.3 is 5.73 Å². The molecule has 1 unspecified atom stereocenters. The molecule has 2 heteroatoms. The van der Waals surface area contributed by atoms with E-state index in [1.807, 2.05) is 0 Å². The van der Waals surface area contributed by atoms with Crippen LogP contribution in [0.5, 0.6) is 0 Å². The molecule has 1 rings (SSSR count). The van der Waals surface area contributed by atoms with Gasteiger partial charge >= 0.3 is 0 Å². The van der Waals surface area contributed by atoms with Crippen LogP contribution in [-0.4, -0.2) is 30.6 Å². The average Bonchev–Trinajstić information content (AvgIpc) is 2.69. The molecule has 1 fully saturated rings. The van der Waals surface area contributed by atoms with E-state index in [1.54, 1.807) is 0 Å². The molecule has 1 aliphatic carbocycles. The molecule has 0 amide bonds. The van der Waals surface area contributed by atoms with E-state index in [2.05, 4.69) is 18.7 Å². The van der Waals surface area contributed by atoms with Crippen molar-refractivity contribution in [2.24, 2.45) is 11.7 Å². The SMILES string of the molecule is CCC(C)CN(CCN)C1CCCC1. The molecule has 0 aliphatic heterocycles. The second kappa shape index (κ2) is 6.41. The fourth-order valence-electron chi connectivity index (χ4n) is 2.39. The Morgan fingerprint density at radius 3 is 2.50 bits per heavy atom. The van der Waals surface area contributed by atoms with E-state index in [0.29, 0.717) is 0 Å². The maximum absolute atomic E-state index is 5.67. The number of nitrogens with two attached hydrogens (primary N) is 1. The maximum atomic E-state index is 5.67. The largest absolute Gasteiger partial charge is 0.329 e. The van der Waals surface area contributed by atoms with Crippen LogP contribution < -0.4 is 5.73 Å². The summed E-state index contributed by atoms with van der Waals surface area (Å²) in [5, 5.41) is 0. The fraction of sp³-hybridized carbons (Fsp3) is 1.00. The first-order valence-corrected chi connectivity index (χ1v) is 6.22. The van der Waals surface area contributed by atoms with E-state index in [-0.39, 0.29) is 0 Å². The zero-order valence-corrected chi connectivity index (χ0v) is 9.84. The first kappa shape index (κ1) is 12.0. The average molecular weight is 198 g/mol. The monoisotopic (exact) mass is 198 g/mol. The normalized spacial score (nSPS) is 20.6. The van der Waals surface area contributed by atoms with Crippen LogP contribution in [0.3, 0.4) is 0 Å². The number of rotatable bonds is 6. The smallest absolute Gasteiger partial charge is 0.0108 e. The van der Waals surface area contributed by atoms with Gasteiger partial charge in [0.2, 0.25) is 0 Å². The summed E-state index contributed by atoms with van der Waals surface area (Å²) in [5.74, 6) is 0.821. The van der Waals surface area contributed by atoms with Crippen molar-refractivity contribution in [2.45, 2.75) is 52.0 Å². The molecular formula is C12H26N2. The highest BCUT2D eigenvalue weighted by Crippen LogP contribution is 2.24. The predicted molar refractivity (Wildman–Crippen MR) is 62.3 cm³/mol. The van der Waals surface area contributed by atoms with Crippen molar-refractivity contribution >= 4 is 0 Å². The van der Waals surface area contributed by atoms with Gasteiger partial charge in [-0.2, -0.15) is 0 Å². The Bertz CT molecular complexity index is 141. The van der Waals surface area contributed by atoms with Crippen molar-refractivity contribution in [3.05, 3.63) is 0 Å². The molecular weight excluding hydrogens is 172 g/mol. The number of hydrogen-bond donors (Lipinski definition) is 1. The van der Waals surface area contributed by atoms with Crippen molar-refractivity contribution in [2.75, 3.05) is 19.6 Å². The van der Waals surface area contributed by atoms with Crippen LogP contribution in [0.15, 0.2) is 0 Å². The van der Waals surface area contributed by atoms with E-state index in [9.17, 15) is 0 Å². The lowest BCUT2D eigenvalue weighted by Crippen LogP contribution is -2.39. The van der Waals surface area contributed by atoms with Gasteiger partial charge in [-0.05, 0) is 18.8 Å². The van der Waals surface area contributed by atoms with Crippen molar-refractivity contribution in [1.82, 2.24) is 4.90 Å². The van der Waals surface area contributed by atoms with Gasteiger partial charge in [-0.3, -0.25) is 4.90 Å². The zero-order chi connectivity index (χ0) is 10.4. The molecule has 14 heavy (non-hydrogen) atoms. The van der Waals surface area contributed by atoms with Crippen molar-refractivity contribution in [3.63, 3.8) is 0 Å². The van der Waals surface area contributed by atoms with Crippen LogP contribution in [-0.2, 0) is 0 Å². The van der Waals surface area contributed by atoms with Crippen LogP contribution in [0.25, 0.3) is 0 Å². The molecule has 0 saturated heterocycles. The molecule has 0 bridgehead atoms. The van der Waals surface area contributed by atoms with E-state index < -0.39 is 0 Å². The summed E-state index contributed by atoms with van der Waals surface area (Å²) in [6.07, 6.45) is 6.93. The van der Waals surface area contributed by atoms with Crippen LogP contribution in [0.2, 0.25) is 0 Å². The lowest BCUT2D eigenvalue weighted by Gasteiger charge is -2.30. The topological polar surface area (TPSA) is 29.3 Å². The second-order valence-corrected chi connectivity index (χ2v) is 4.74. The lowest BCUT2D eigenvalue weighted by molar-refractivity contribution is 0.176. The molecule has 0 aromatic heterocycles. The third-order valence-corrected chi connectivity index (χ3v) is 3.50. The van der Waals surface area contributed by atoms with Crippen LogP contribution in [0.4, 0.5) is 0 Å². The molecule has 1 atom stereocenters. The summed E-state index contributed by atoms with van der Waals surface area (Å²) < 4.78 is 0. The Morgan fingerprint density at radius 1 is 1.36 bits per heavy atom. The van der Waals surface area contributed by atoms with Gasteiger partial charge in [-0.1, -0.05) is 33.1 Å². The van der Waals surface area contributed by atoms with Crippen molar-refractivity contribution in [3.8, 4) is 0 Å².